The fourth-order valence-corrected chi connectivity index (χ4v) is 0.957. The summed E-state index contributed by atoms with van der Waals surface area (Å²) in [7, 11) is -11.6. The Hall–Kier alpha value is -0.640. The van der Waals surface area contributed by atoms with Crippen LogP contribution in [0.15, 0.2) is 0 Å². The maximum atomic E-state index is 11.4. The first-order valence-corrected chi connectivity index (χ1v) is 4.24. The van der Waals surface area contributed by atoms with Gasteiger partial charge in [0.05, 0.1) is 0 Å². The van der Waals surface area contributed by atoms with Gasteiger partial charge in [0.15, 0.2) is 3.51 Å². The van der Waals surface area contributed by atoms with E-state index in [1.807, 2.05) is 0 Å². The monoisotopic (exact) mass is 195 g/mol. The van der Waals surface area contributed by atoms with Crippen LogP contribution in [0.2, 0.25) is 0 Å². The van der Waals surface area contributed by atoms with Crippen molar-refractivity contribution in [1.29, 1.82) is 5.53 Å². The maximum absolute atomic E-state index is 11.4. The highest BCUT2D eigenvalue weighted by Crippen LogP contribution is 2.01. The Kier molecular flexibility index (Phi) is 2.06. The molecule has 0 aromatic rings. The molecule has 0 fully saturated rings. The molecule has 0 amide bonds. The van der Waals surface area contributed by atoms with Gasteiger partial charge in [0.2, 0.25) is 0 Å². The van der Waals surface area contributed by atoms with Crippen LogP contribution in [0.3, 0.4) is 0 Å². The smallest absolute Gasteiger partial charge is 0.129 e. The zero-order chi connectivity index (χ0) is 8.58. The molecule has 0 aliphatic rings. The third-order valence-corrected chi connectivity index (χ3v) is 2.26. The van der Waals surface area contributed by atoms with Gasteiger partial charge in [0.25, 0.3) is 0 Å². The van der Waals surface area contributed by atoms with Gasteiger partial charge in [-0.15, -0.1) is 16.8 Å². The molecule has 0 heterocycles. The molecule has 0 unspecified atom stereocenters. The van der Waals surface area contributed by atoms with Crippen molar-refractivity contribution in [2.45, 2.75) is 0 Å². The van der Waals surface area contributed by atoms with Crippen LogP contribution in [0.1, 0.15) is 0 Å². The number of rotatable bonds is 2. The molecule has 6 nitrogen and oxygen atoms in total. The first kappa shape index (κ1) is 9.36. The van der Waals surface area contributed by atoms with Crippen molar-refractivity contribution in [1.82, 2.24) is 0 Å². The van der Waals surface area contributed by atoms with Crippen LogP contribution < -0.4 is 0 Å². The fourth-order valence-electron chi connectivity index (χ4n) is 0.106. The zero-order valence-corrected chi connectivity index (χ0v) is 5.79. The summed E-state index contributed by atoms with van der Waals surface area (Å²) in [5.74, 6) is 0. The molecule has 0 aliphatic heterocycles. The van der Waals surface area contributed by atoms with E-state index in [-0.39, 0.29) is 0 Å². The van der Waals surface area contributed by atoms with E-state index in [1.165, 1.54) is 0 Å². The molecule has 0 aromatic heterocycles. The van der Waals surface area contributed by atoms with Gasteiger partial charge in [-0.25, -0.2) is 0 Å². The lowest BCUT2D eigenvalue weighted by molar-refractivity contribution is -0.311. The molecule has 0 radical (unpaired) electrons. The molecule has 0 saturated carbocycles. The van der Waals surface area contributed by atoms with Gasteiger partial charge < -0.3 is 0 Å². The Morgan fingerprint density at radius 1 is 1.00 bits per heavy atom. The summed E-state index contributed by atoms with van der Waals surface area (Å²) in [6, 6.07) is 0. The van der Waals surface area contributed by atoms with Crippen molar-refractivity contribution in [2.75, 3.05) is 0 Å². The third-order valence-electron chi connectivity index (χ3n) is 0.396. The predicted octanol–water partition coefficient (Wildman–Crippen LogP) is -0.542. The standard InChI is InChI=1S/F2HN2O4S2/c1-9(5,6)4(3)10(2,7)8/h3H/q+1. The molecule has 0 spiro atoms. The van der Waals surface area contributed by atoms with Gasteiger partial charge in [-0.05, 0) is 13.3 Å². The molecule has 10 heteroatoms. The highest BCUT2D eigenvalue weighted by Gasteiger charge is 2.40. The summed E-state index contributed by atoms with van der Waals surface area (Å²) in [5, 5.41) is 0. The predicted molar refractivity (Wildman–Crippen MR) is 23.0 cm³/mol. The van der Waals surface area contributed by atoms with Crippen LogP contribution in [0.4, 0.5) is 7.77 Å². The molecule has 0 aromatic carbocycles. The van der Waals surface area contributed by atoms with Gasteiger partial charge in [-0.1, -0.05) is 0 Å². The first-order valence-electron chi connectivity index (χ1n) is 1.56. The van der Waals surface area contributed by atoms with Crippen molar-refractivity contribution >= 4 is 20.8 Å². The molecule has 0 saturated heterocycles. The third kappa shape index (κ3) is 2.31. The molecule has 0 bridgehead atoms. The molecule has 1 N–H and O–H groups in total. The van der Waals surface area contributed by atoms with Crippen LogP contribution in [-0.2, 0) is 20.8 Å². The van der Waals surface area contributed by atoms with E-state index in [0.29, 0.717) is 0 Å². The lowest BCUT2D eigenvalue weighted by Crippen LogP contribution is -2.17. The highest BCUT2D eigenvalue weighted by molar-refractivity contribution is 7.92. The van der Waals surface area contributed by atoms with Crippen molar-refractivity contribution < 1.29 is 28.1 Å². The SMILES string of the molecule is N=[N+](S(=O)(=O)F)S(=O)(=O)F. The second-order valence-corrected chi connectivity index (χ2v) is 3.69. The van der Waals surface area contributed by atoms with E-state index in [9.17, 15) is 24.6 Å². The number of halogens is 2. The summed E-state index contributed by atoms with van der Waals surface area (Å²) in [6.45, 7) is 0. The Balaban J connectivity index is 5.16. The molecule has 0 aliphatic carbocycles. The van der Waals surface area contributed by atoms with Crippen LogP contribution >= 0.6 is 0 Å². The number of hydrogen-bond donors (Lipinski definition) is 1. The summed E-state index contributed by atoms with van der Waals surface area (Å²) in [4.78, 5) is 0. The minimum Gasteiger partial charge on any atom is -0.129 e. The van der Waals surface area contributed by atoms with Crippen molar-refractivity contribution in [3.05, 3.63) is 0 Å². The molecule has 0 atom stereocenters. The fraction of sp³-hybridized carbons (Fsp3) is 0. The summed E-state index contributed by atoms with van der Waals surface area (Å²) >= 11 is 0. The second-order valence-electron chi connectivity index (χ2n) is 1.08. The lowest BCUT2D eigenvalue weighted by atomic mass is 13.2. The van der Waals surface area contributed by atoms with Crippen molar-refractivity contribution in [3.8, 4) is 0 Å². The average Bonchev–Trinajstić information content (AvgIpc) is 1.59. The summed E-state index contributed by atoms with van der Waals surface area (Å²) in [5.41, 5.74) is 5.78. The number of nitrogens with zero attached hydrogens (tertiary/aromatic N) is 1. The van der Waals surface area contributed by atoms with Crippen LogP contribution in [0, 0.1) is 5.53 Å². The van der Waals surface area contributed by atoms with Gasteiger partial charge in [0, 0.05) is 0 Å². The topological polar surface area (TPSA) is 95.1 Å². The largest absolute Gasteiger partial charge is 0.594 e. The van der Waals surface area contributed by atoms with E-state index in [4.69, 9.17) is 5.53 Å². The number of nitrogens with one attached hydrogen (secondary N) is 1. The maximum Gasteiger partial charge on any atom is 0.594 e. The van der Waals surface area contributed by atoms with Crippen molar-refractivity contribution in [3.63, 3.8) is 0 Å². The Labute approximate surface area is 55.3 Å². The highest BCUT2D eigenvalue weighted by atomic mass is 32.3. The second kappa shape index (κ2) is 2.20. The molecule has 0 rings (SSSR count). The molecular formula is HF2N2O4S2+. The quantitative estimate of drug-likeness (QED) is 0.363. The van der Waals surface area contributed by atoms with Gasteiger partial charge in [-0.3, -0.25) is 0 Å². The van der Waals surface area contributed by atoms with Gasteiger partial charge in [0.1, 0.15) is 0 Å². The van der Waals surface area contributed by atoms with Crippen LogP contribution in [0.5, 0.6) is 0 Å². The summed E-state index contributed by atoms with van der Waals surface area (Å²) in [6.07, 6.45) is 0. The van der Waals surface area contributed by atoms with E-state index in [2.05, 4.69) is 0 Å². The Morgan fingerprint density at radius 3 is 1.20 bits per heavy atom. The van der Waals surface area contributed by atoms with Crippen LogP contribution in [0.25, 0.3) is 0 Å². The first-order chi connectivity index (χ1) is 4.15. The normalized spacial score (nSPS) is 13.0. The van der Waals surface area contributed by atoms with Crippen molar-refractivity contribution in [2.24, 2.45) is 0 Å². The molecular weight excluding hydrogens is 194 g/mol. The minimum absolute atomic E-state index is 1.76. The molecule has 10 heavy (non-hydrogen) atoms. The number of hydrogen-bond acceptors (Lipinski definition) is 5. The van der Waals surface area contributed by atoms with E-state index in [1.54, 1.807) is 0 Å². The lowest BCUT2D eigenvalue weighted by Gasteiger charge is -1.78. The van der Waals surface area contributed by atoms with E-state index in [0.717, 1.165) is 0 Å². The Bertz CT molecular complexity index is 301. The van der Waals surface area contributed by atoms with Gasteiger partial charge in [-0.2, -0.15) is 0 Å². The van der Waals surface area contributed by atoms with Gasteiger partial charge >= 0.3 is 20.8 Å². The molecule has 60 valence electrons. The Morgan fingerprint density at radius 2 is 1.20 bits per heavy atom. The minimum atomic E-state index is -5.82. The van der Waals surface area contributed by atoms with E-state index >= 15 is 0 Å². The van der Waals surface area contributed by atoms with Crippen LogP contribution in [-0.4, -0.2) is 20.3 Å². The zero-order valence-electron chi connectivity index (χ0n) is 4.15. The van der Waals surface area contributed by atoms with E-state index < -0.39 is 24.3 Å². The average molecular weight is 195 g/mol. The summed E-state index contributed by atoms with van der Waals surface area (Å²) < 4.78 is 58.7.